The number of aliphatic hydroxyl groups is 1. The molecule has 7 heteroatoms. The van der Waals surface area contributed by atoms with Crippen molar-refractivity contribution in [2.45, 2.75) is 18.4 Å². The summed E-state index contributed by atoms with van der Waals surface area (Å²) in [6.07, 6.45) is 0. The molecule has 1 heterocycles. The Morgan fingerprint density at radius 2 is 2.11 bits per heavy atom. The molecule has 1 aromatic heterocycles. The number of hydrogen-bond acceptors (Lipinski definition) is 4. The third-order valence-electron chi connectivity index (χ3n) is 2.53. The van der Waals surface area contributed by atoms with Gasteiger partial charge in [0.1, 0.15) is 5.82 Å². The second-order valence-electron chi connectivity index (χ2n) is 3.97. The van der Waals surface area contributed by atoms with Gasteiger partial charge in [0.25, 0.3) is 10.0 Å². The number of hydrogen-bond donors (Lipinski definition) is 2. The molecule has 0 radical (unpaired) electrons. The number of sulfonamides is 1. The molecule has 1 aromatic carbocycles. The fourth-order valence-electron chi connectivity index (χ4n) is 1.53. The van der Waals surface area contributed by atoms with Gasteiger partial charge in [-0.1, -0.05) is 0 Å². The van der Waals surface area contributed by atoms with E-state index in [9.17, 15) is 12.8 Å². The maximum absolute atomic E-state index is 12.9. The summed E-state index contributed by atoms with van der Waals surface area (Å²) >= 11 is 1.16. The highest BCUT2D eigenvalue weighted by atomic mass is 32.2. The Hall–Kier alpha value is -1.44. The molecule has 0 bridgehead atoms. The van der Waals surface area contributed by atoms with Crippen LogP contribution in [0.15, 0.2) is 34.5 Å². The lowest BCUT2D eigenvalue weighted by Crippen LogP contribution is -2.13. The first kappa shape index (κ1) is 14.0. The van der Waals surface area contributed by atoms with Crippen LogP contribution in [-0.2, 0) is 16.6 Å². The van der Waals surface area contributed by atoms with Crippen molar-refractivity contribution in [3.8, 4) is 0 Å². The van der Waals surface area contributed by atoms with Gasteiger partial charge in [-0.25, -0.2) is 12.8 Å². The Bertz CT molecular complexity index is 695. The molecule has 4 nitrogen and oxygen atoms in total. The van der Waals surface area contributed by atoms with Crippen molar-refractivity contribution < 1.29 is 17.9 Å². The van der Waals surface area contributed by atoms with Gasteiger partial charge in [0.2, 0.25) is 0 Å². The molecule has 102 valence electrons. The first-order valence-corrected chi connectivity index (χ1v) is 7.76. The van der Waals surface area contributed by atoms with E-state index in [1.54, 1.807) is 6.92 Å². The fraction of sp³-hybridized carbons (Fsp3) is 0.167. The zero-order valence-electron chi connectivity index (χ0n) is 10.1. The van der Waals surface area contributed by atoms with Crippen LogP contribution in [0.1, 0.15) is 10.4 Å². The topological polar surface area (TPSA) is 66.4 Å². The van der Waals surface area contributed by atoms with E-state index in [-0.39, 0.29) is 11.5 Å². The molecule has 0 aliphatic carbocycles. The number of aryl methyl sites for hydroxylation is 1. The highest BCUT2D eigenvalue weighted by Gasteiger charge is 2.17. The van der Waals surface area contributed by atoms with Crippen LogP contribution in [0, 0.1) is 12.7 Å². The Morgan fingerprint density at radius 1 is 1.37 bits per heavy atom. The van der Waals surface area contributed by atoms with Crippen LogP contribution < -0.4 is 4.72 Å². The van der Waals surface area contributed by atoms with Crippen molar-refractivity contribution in [2.24, 2.45) is 0 Å². The normalized spacial score (nSPS) is 11.5. The van der Waals surface area contributed by atoms with Crippen LogP contribution >= 0.6 is 11.3 Å². The van der Waals surface area contributed by atoms with Gasteiger partial charge in [0.15, 0.2) is 0 Å². The smallest absolute Gasteiger partial charge is 0.262 e. The molecular formula is C12H12FNO3S2. The van der Waals surface area contributed by atoms with E-state index in [0.29, 0.717) is 16.1 Å². The molecule has 2 aromatic rings. The van der Waals surface area contributed by atoms with Crippen LogP contribution in [0.3, 0.4) is 0 Å². The molecule has 0 spiro atoms. The first-order chi connectivity index (χ1) is 8.92. The summed E-state index contributed by atoms with van der Waals surface area (Å²) in [7, 11) is -3.71. The molecule has 2 N–H and O–H groups in total. The van der Waals surface area contributed by atoms with Gasteiger partial charge in [-0.15, -0.1) is 11.3 Å². The maximum Gasteiger partial charge on any atom is 0.262 e. The number of anilines is 1. The van der Waals surface area contributed by atoms with Gasteiger partial charge in [0.05, 0.1) is 17.2 Å². The number of halogens is 1. The van der Waals surface area contributed by atoms with E-state index >= 15 is 0 Å². The highest BCUT2D eigenvalue weighted by Crippen LogP contribution is 2.24. The molecule has 0 aliphatic heterocycles. The van der Waals surface area contributed by atoms with E-state index < -0.39 is 15.8 Å². The minimum absolute atomic E-state index is 0.0882. The van der Waals surface area contributed by atoms with Crippen molar-refractivity contribution in [2.75, 3.05) is 4.72 Å². The number of rotatable bonds is 4. The summed E-state index contributed by atoms with van der Waals surface area (Å²) in [5.74, 6) is -0.418. The molecular weight excluding hydrogens is 289 g/mol. The second-order valence-corrected chi connectivity index (χ2v) is 6.65. The standard InChI is InChI=1S/C12H12FNO3S2/c1-8-4-9(13)2-3-12(8)14-19(16,17)11-5-10(6-15)18-7-11/h2-5,7,14-15H,6H2,1H3. The van der Waals surface area contributed by atoms with Crippen LogP contribution in [0.2, 0.25) is 0 Å². The largest absolute Gasteiger partial charge is 0.391 e. The Balaban J connectivity index is 2.30. The lowest BCUT2D eigenvalue weighted by Gasteiger charge is -2.09. The van der Waals surface area contributed by atoms with E-state index in [2.05, 4.69) is 4.72 Å². The van der Waals surface area contributed by atoms with Crippen molar-refractivity contribution >= 4 is 27.0 Å². The van der Waals surface area contributed by atoms with Crippen LogP contribution in [0.5, 0.6) is 0 Å². The maximum atomic E-state index is 12.9. The predicted molar refractivity (Wildman–Crippen MR) is 72.2 cm³/mol. The summed E-state index contributed by atoms with van der Waals surface area (Å²) in [6.45, 7) is 1.42. The summed E-state index contributed by atoms with van der Waals surface area (Å²) in [5.41, 5.74) is 0.833. The summed E-state index contributed by atoms with van der Waals surface area (Å²) in [6, 6.07) is 5.23. The van der Waals surface area contributed by atoms with Crippen LogP contribution in [0.4, 0.5) is 10.1 Å². The lowest BCUT2D eigenvalue weighted by atomic mass is 10.2. The number of aliphatic hydroxyl groups excluding tert-OH is 1. The van der Waals surface area contributed by atoms with E-state index in [0.717, 1.165) is 11.3 Å². The Morgan fingerprint density at radius 3 is 2.68 bits per heavy atom. The minimum atomic E-state index is -3.71. The third-order valence-corrected chi connectivity index (χ3v) is 4.94. The summed E-state index contributed by atoms with van der Waals surface area (Å²) in [5, 5.41) is 10.4. The van der Waals surface area contributed by atoms with Gasteiger partial charge in [-0.2, -0.15) is 0 Å². The van der Waals surface area contributed by atoms with Gasteiger partial charge < -0.3 is 5.11 Å². The zero-order chi connectivity index (χ0) is 14.0. The SMILES string of the molecule is Cc1cc(F)ccc1NS(=O)(=O)c1csc(CO)c1. The van der Waals surface area contributed by atoms with Crippen molar-refractivity contribution in [3.05, 3.63) is 45.9 Å². The number of benzene rings is 1. The average molecular weight is 301 g/mol. The van der Waals surface area contributed by atoms with Crippen LogP contribution in [0.25, 0.3) is 0 Å². The van der Waals surface area contributed by atoms with Gasteiger partial charge in [-0.3, -0.25) is 4.72 Å². The van der Waals surface area contributed by atoms with E-state index in [1.165, 1.54) is 29.6 Å². The molecule has 0 fully saturated rings. The highest BCUT2D eigenvalue weighted by molar-refractivity contribution is 7.92. The molecule has 0 saturated heterocycles. The molecule has 0 atom stereocenters. The lowest BCUT2D eigenvalue weighted by molar-refractivity contribution is 0.285. The number of thiophene rings is 1. The van der Waals surface area contributed by atoms with Gasteiger partial charge >= 0.3 is 0 Å². The average Bonchev–Trinajstić information content (AvgIpc) is 2.82. The minimum Gasteiger partial charge on any atom is -0.391 e. The predicted octanol–water partition coefficient (Wildman–Crippen LogP) is 2.49. The molecule has 2 rings (SSSR count). The van der Waals surface area contributed by atoms with E-state index in [1.807, 2.05) is 0 Å². The fourth-order valence-corrected chi connectivity index (χ4v) is 3.79. The molecule has 0 aliphatic rings. The van der Waals surface area contributed by atoms with E-state index in [4.69, 9.17) is 5.11 Å². The van der Waals surface area contributed by atoms with Crippen molar-refractivity contribution in [1.29, 1.82) is 0 Å². The monoisotopic (exact) mass is 301 g/mol. The molecule has 0 unspecified atom stereocenters. The molecule has 0 saturated carbocycles. The second kappa shape index (κ2) is 5.28. The van der Waals surface area contributed by atoms with Crippen molar-refractivity contribution in [3.63, 3.8) is 0 Å². The molecule has 19 heavy (non-hydrogen) atoms. The van der Waals surface area contributed by atoms with Crippen LogP contribution in [-0.4, -0.2) is 13.5 Å². The first-order valence-electron chi connectivity index (χ1n) is 5.39. The Labute approximate surface area is 114 Å². The quantitative estimate of drug-likeness (QED) is 0.912. The molecule has 0 amide bonds. The summed E-state index contributed by atoms with van der Waals surface area (Å²) < 4.78 is 39.5. The number of nitrogens with one attached hydrogen (secondary N) is 1. The van der Waals surface area contributed by atoms with Gasteiger partial charge in [-0.05, 0) is 36.8 Å². The van der Waals surface area contributed by atoms with Gasteiger partial charge in [0, 0.05) is 10.3 Å². The third kappa shape index (κ3) is 3.12. The zero-order valence-corrected chi connectivity index (χ0v) is 11.7. The Kier molecular flexibility index (Phi) is 3.88. The summed E-state index contributed by atoms with van der Waals surface area (Å²) in [4.78, 5) is 0.654. The van der Waals surface area contributed by atoms with Crippen molar-refractivity contribution in [1.82, 2.24) is 0 Å².